The minimum Gasteiger partial charge on any atom is -0.493 e. The van der Waals surface area contributed by atoms with Crippen molar-refractivity contribution in [3.05, 3.63) is 57.0 Å². The highest BCUT2D eigenvalue weighted by Gasteiger charge is 2.13. The number of alkyl halides is 2. The number of ether oxygens (including phenoxy) is 2. The fourth-order valence-corrected chi connectivity index (χ4v) is 2.91. The molecule has 4 nitrogen and oxygen atoms in total. The molecule has 0 aliphatic heterocycles. The predicted molar refractivity (Wildman–Crippen MR) is 94.8 cm³/mol. The summed E-state index contributed by atoms with van der Waals surface area (Å²) in [6.45, 7) is -2.63. The van der Waals surface area contributed by atoms with Gasteiger partial charge in [0.15, 0.2) is 11.5 Å². The van der Waals surface area contributed by atoms with Gasteiger partial charge < -0.3 is 14.8 Å². The predicted octanol–water partition coefficient (Wildman–Crippen LogP) is 4.69. The lowest BCUT2D eigenvalue weighted by Crippen LogP contribution is -2.26. The van der Waals surface area contributed by atoms with Crippen molar-refractivity contribution in [3.8, 4) is 11.5 Å². The molecule has 1 amide bonds. The second-order valence-electron chi connectivity index (χ2n) is 4.99. The van der Waals surface area contributed by atoms with Gasteiger partial charge in [0.2, 0.25) is 0 Å². The summed E-state index contributed by atoms with van der Waals surface area (Å²) in [5.74, 6) is -0.137. The molecule has 1 N–H and O–H groups in total. The van der Waals surface area contributed by atoms with E-state index in [0.29, 0.717) is 23.6 Å². The number of amides is 1. The Kier molecular flexibility index (Phi) is 7.01. The fraction of sp³-hybridized carbons (Fsp3) is 0.235. The van der Waals surface area contributed by atoms with Gasteiger partial charge in [-0.2, -0.15) is 8.78 Å². The lowest BCUT2D eigenvalue weighted by Gasteiger charge is -2.12. The Bertz CT molecular complexity index is 759. The highest BCUT2D eigenvalue weighted by atomic mass is 79.9. The number of rotatable bonds is 7. The molecule has 0 bridgehead atoms. The topological polar surface area (TPSA) is 47.6 Å². The van der Waals surface area contributed by atoms with E-state index in [1.54, 1.807) is 30.3 Å². The third kappa shape index (κ3) is 5.57. The van der Waals surface area contributed by atoms with Gasteiger partial charge in [-0.25, -0.2) is 0 Å². The number of benzene rings is 2. The Balaban J connectivity index is 1.98. The van der Waals surface area contributed by atoms with E-state index in [1.165, 1.54) is 13.2 Å². The first-order valence-electron chi connectivity index (χ1n) is 7.25. The largest absolute Gasteiger partial charge is 0.493 e. The van der Waals surface area contributed by atoms with Crippen molar-refractivity contribution in [1.82, 2.24) is 5.32 Å². The van der Waals surface area contributed by atoms with E-state index in [2.05, 4.69) is 26.0 Å². The van der Waals surface area contributed by atoms with Crippen LogP contribution in [0.5, 0.6) is 11.5 Å². The molecule has 8 heteroatoms. The van der Waals surface area contributed by atoms with Crippen LogP contribution in [0.2, 0.25) is 5.02 Å². The highest BCUT2D eigenvalue weighted by molar-refractivity contribution is 9.10. The van der Waals surface area contributed by atoms with E-state index in [9.17, 15) is 13.6 Å². The molecule has 0 aliphatic carbocycles. The van der Waals surface area contributed by atoms with Crippen molar-refractivity contribution in [1.29, 1.82) is 0 Å². The summed E-state index contributed by atoms with van der Waals surface area (Å²) in [7, 11) is 1.37. The first kappa shape index (κ1) is 19.5. The molecule has 2 rings (SSSR count). The molecule has 0 saturated carbocycles. The maximum absolute atomic E-state index is 12.4. The Morgan fingerprint density at radius 1 is 1.24 bits per heavy atom. The molecule has 0 saturated heterocycles. The normalized spacial score (nSPS) is 10.6. The molecule has 0 fully saturated rings. The van der Waals surface area contributed by atoms with Gasteiger partial charge in [0.05, 0.1) is 17.7 Å². The molecule has 25 heavy (non-hydrogen) atoms. The SMILES string of the molecule is COc1ccc(CCNC(=O)c2ccc(Br)cc2Cl)cc1OC(F)F. The van der Waals surface area contributed by atoms with Crippen molar-refractivity contribution in [2.75, 3.05) is 13.7 Å². The molecule has 0 aliphatic rings. The quantitative estimate of drug-likeness (QED) is 0.688. The van der Waals surface area contributed by atoms with Gasteiger partial charge in [-0.1, -0.05) is 33.6 Å². The second-order valence-corrected chi connectivity index (χ2v) is 6.32. The summed E-state index contributed by atoms with van der Waals surface area (Å²) in [4.78, 5) is 12.1. The van der Waals surface area contributed by atoms with Crippen LogP contribution in [-0.2, 0) is 6.42 Å². The minimum absolute atomic E-state index is 0.0442. The zero-order chi connectivity index (χ0) is 18.4. The van der Waals surface area contributed by atoms with Crippen LogP contribution in [0.15, 0.2) is 40.9 Å². The Morgan fingerprint density at radius 2 is 2.00 bits per heavy atom. The molecule has 0 radical (unpaired) electrons. The van der Waals surface area contributed by atoms with E-state index in [-0.39, 0.29) is 17.4 Å². The number of methoxy groups -OCH3 is 1. The van der Waals surface area contributed by atoms with E-state index in [4.69, 9.17) is 16.3 Å². The number of carbonyl (C=O) groups excluding carboxylic acids is 1. The van der Waals surface area contributed by atoms with Gasteiger partial charge in [-0.3, -0.25) is 4.79 Å². The Morgan fingerprint density at radius 3 is 2.64 bits per heavy atom. The average Bonchev–Trinajstić information content (AvgIpc) is 2.54. The minimum atomic E-state index is -2.94. The van der Waals surface area contributed by atoms with Gasteiger partial charge in [-0.15, -0.1) is 0 Å². The van der Waals surface area contributed by atoms with Crippen molar-refractivity contribution in [2.24, 2.45) is 0 Å². The zero-order valence-corrected chi connectivity index (χ0v) is 15.5. The molecule has 0 unspecified atom stereocenters. The van der Waals surface area contributed by atoms with E-state index in [1.807, 2.05) is 0 Å². The summed E-state index contributed by atoms with van der Waals surface area (Å²) < 4.78 is 35.0. The number of hydrogen-bond donors (Lipinski definition) is 1. The molecular weight excluding hydrogens is 420 g/mol. The summed E-state index contributed by atoms with van der Waals surface area (Å²) in [5, 5.41) is 3.07. The molecule has 0 aromatic heterocycles. The Hall–Kier alpha value is -1.86. The van der Waals surface area contributed by atoms with E-state index < -0.39 is 6.61 Å². The van der Waals surface area contributed by atoms with Gasteiger partial charge in [0.1, 0.15) is 0 Å². The summed E-state index contributed by atoms with van der Waals surface area (Å²) in [6.07, 6.45) is 0.434. The second kappa shape index (κ2) is 9.01. The lowest BCUT2D eigenvalue weighted by molar-refractivity contribution is -0.0512. The van der Waals surface area contributed by atoms with Crippen molar-refractivity contribution in [2.45, 2.75) is 13.0 Å². The van der Waals surface area contributed by atoms with E-state index in [0.717, 1.165) is 10.0 Å². The van der Waals surface area contributed by atoms with Crippen LogP contribution in [0, 0.1) is 0 Å². The molecule has 0 atom stereocenters. The Labute approximate surface area is 157 Å². The van der Waals surface area contributed by atoms with Gasteiger partial charge in [-0.05, 0) is 42.3 Å². The molecule has 2 aromatic carbocycles. The smallest absolute Gasteiger partial charge is 0.387 e. The lowest BCUT2D eigenvalue weighted by atomic mass is 10.1. The summed E-state index contributed by atoms with van der Waals surface area (Å²) in [5.41, 5.74) is 1.08. The van der Waals surface area contributed by atoms with Gasteiger partial charge >= 0.3 is 6.61 Å². The number of hydrogen-bond acceptors (Lipinski definition) is 3. The maximum atomic E-state index is 12.4. The molecule has 0 spiro atoms. The van der Waals surface area contributed by atoms with Crippen LogP contribution < -0.4 is 14.8 Å². The van der Waals surface area contributed by atoms with Crippen LogP contribution >= 0.6 is 27.5 Å². The van der Waals surface area contributed by atoms with Crippen LogP contribution in [0.3, 0.4) is 0 Å². The molecule has 0 heterocycles. The summed E-state index contributed by atoms with van der Waals surface area (Å²) in [6, 6.07) is 9.69. The molecule has 2 aromatic rings. The number of carbonyl (C=O) groups is 1. The van der Waals surface area contributed by atoms with Gasteiger partial charge in [0.25, 0.3) is 5.91 Å². The van der Waals surface area contributed by atoms with Crippen LogP contribution in [-0.4, -0.2) is 26.2 Å². The first-order chi connectivity index (χ1) is 11.9. The maximum Gasteiger partial charge on any atom is 0.387 e. The van der Waals surface area contributed by atoms with Crippen LogP contribution in [0.1, 0.15) is 15.9 Å². The van der Waals surface area contributed by atoms with Crippen molar-refractivity contribution >= 4 is 33.4 Å². The average molecular weight is 435 g/mol. The van der Waals surface area contributed by atoms with Crippen LogP contribution in [0.4, 0.5) is 8.78 Å². The molecular formula is C17H15BrClF2NO3. The number of nitrogens with one attached hydrogen (secondary N) is 1. The third-order valence-electron chi connectivity index (χ3n) is 3.32. The first-order valence-corrected chi connectivity index (χ1v) is 8.42. The van der Waals surface area contributed by atoms with Crippen molar-refractivity contribution in [3.63, 3.8) is 0 Å². The van der Waals surface area contributed by atoms with Gasteiger partial charge in [0, 0.05) is 11.0 Å². The zero-order valence-electron chi connectivity index (χ0n) is 13.2. The standard InChI is InChI=1S/C17H15BrClF2NO3/c1-24-14-5-2-10(8-15(14)25-17(20)21)6-7-22-16(23)12-4-3-11(18)9-13(12)19/h2-5,8-9,17H,6-7H2,1H3,(H,22,23). The molecule has 134 valence electrons. The summed E-state index contributed by atoms with van der Waals surface area (Å²) >= 11 is 9.30. The fourth-order valence-electron chi connectivity index (χ4n) is 2.15. The third-order valence-corrected chi connectivity index (χ3v) is 4.13. The monoisotopic (exact) mass is 433 g/mol. The van der Waals surface area contributed by atoms with Crippen molar-refractivity contribution < 1.29 is 23.0 Å². The van der Waals surface area contributed by atoms with Crippen LogP contribution in [0.25, 0.3) is 0 Å². The van der Waals surface area contributed by atoms with E-state index >= 15 is 0 Å². The highest BCUT2D eigenvalue weighted by Crippen LogP contribution is 2.29. The number of halogens is 4.